The summed E-state index contributed by atoms with van der Waals surface area (Å²) >= 11 is 0. The van der Waals surface area contributed by atoms with Crippen LogP contribution in [0.2, 0.25) is 0 Å². The summed E-state index contributed by atoms with van der Waals surface area (Å²) in [6.07, 6.45) is 1.48. The van der Waals surface area contributed by atoms with E-state index in [1.807, 2.05) is 19.1 Å². The first-order valence-corrected chi connectivity index (χ1v) is 13.4. The molecule has 0 amide bonds. The van der Waals surface area contributed by atoms with Gasteiger partial charge in [-0.2, -0.15) is 22.1 Å². The van der Waals surface area contributed by atoms with E-state index in [0.717, 1.165) is 27.7 Å². The van der Waals surface area contributed by atoms with Gasteiger partial charge < -0.3 is 0 Å². The van der Waals surface area contributed by atoms with Crippen molar-refractivity contribution in [2.45, 2.75) is 31.7 Å². The van der Waals surface area contributed by atoms with Crippen LogP contribution in [0.5, 0.6) is 0 Å². The van der Waals surface area contributed by atoms with Gasteiger partial charge in [-0.15, -0.1) is 0 Å². The Hall–Kier alpha value is -2.47. The standard InChI is InChI=1S/C25H30F3N5O2S/c1-17-10-23-19(14-29-33(23)21-6-4-20(26)5-7-21)11-22(17)24-16-32(36(34,35)30(2)3)9-8-31(24)15-18-12-25(27,28)13-18/h4-7,10-11,14,18,24H,8-9,12-13,15-16H2,1-3H3/t24-/m1/s1. The minimum atomic E-state index is -3.62. The molecule has 0 spiro atoms. The lowest BCUT2D eigenvalue weighted by Gasteiger charge is -2.45. The number of nitrogens with zero attached hydrogens (tertiary/aromatic N) is 5. The van der Waals surface area contributed by atoms with Gasteiger partial charge in [0.25, 0.3) is 10.2 Å². The lowest BCUT2D eigenvalue weighted by Crippen LogP contribution is -2.55. The molecule has 36 heavy (non-hydrogen) atoms. The number of aromatic nitrogens is 2. The molecule has 3 aromatic rings. The third-order valence-electron chi connectivity index (χ3n) is 7.30. The molecule has 1 aromatic heterocycles. The Morgan fingerprint density at radius 1 is 1.11 bits per heavy atom. The average Bonchev–Trinajstić information content (AvgIpc) is 3.20. The van der Waals surface area contributed by atoms with Gasteiger partial charge >= 0.3 is 0 Å². The number of aryl methyl sites for hydroxylation is 1. The predicted molar refractivity (Wildman–Crippen MR) is 132 cm³/mol. The van der Waals surface area contributed by atoms with Crippen molar-refractivity contribution in [3.8, 4) is 5.69 Å². The first-order chi connectivity index (χ1) is 16.9. The highest BCUT2D eigenvalue weighted by Crippen LogP contribution is 2.44. The molecule has 1 aliphatic heterocycles. The molecule has 1 saturated heterocycles. The van der Waals surface area contributed by atoms with E-state index in [0.29, 0.717) is 19.6 Å². The summed E-state index contributed by atoms with van der Waals surface area (Å²) in [5.74, 6) is -3.03. The summed E-state index contributed by atoms with van der Waals surface area (Å²) in [7, 11) is -0.604. The fraction of sp³-hybridized carbons (Fsp3) is 0.480. The maximum atomic E-state index is 13.5. The van der Waals surface area contributed by atoms with Gasteiger partial charge in [-0.25, -0.2) is 17.9 Å². The number of piperazine rings is 1. The number of alkyl halides is 2. The van der Waals surface area contributed by atoms with Crippen molar-refractivity contribution >= 4 is 21.1 Å². The van der Waals surface area contributed by atoms with Crippen LogP contribution in [-0.4, -0.2) is 77.9 Å². The molecule has 5 rings (SSSR count). The molecule has 1 atom stereocenters. The van der Waals surface area contributed by atoms with Crippen molar-refractivity contribution in [3.05, 3.63) is 59.5 Å². The number of halogens is 3. The van der Waals surface area contributed by atoms with Crippen molar-refractivity contribution in [2.24, 2.45) is 5.92 Å². The van der Waals surface area contributed by atoms with Gasteiger partial charge in [0.05, 0.1) is 17.4 Å². The van der Waals surface area contributed by atoms with Crippen LogP contribution in [0, 0.1) is 18.7 Å². The summed E-state index contributed by atoms with van der Waals surface area (Å²) in [4.78, 5) is 2.15. The maximum absolute atomic E-state index is 13.5. The van der Waals surface area contributed by atoms with E-state index in [2.05, 4.69) is 10.00 Å². The molecular weight excluding hydrogens is 491 g/mol. The molecule has 0 bridgehead atoms. The smallest absolute Gasteiger partial charge is 0.281 e. The highest BCUT2D eigenvalue weighted by atomic mass is 32.2. The van der Waals surface area contributed by atoms with Gasteiger partial charge in [0.1, 0.15) is 5.82 Å². The Bertz CT molecular complexity index is 1370. The van der Waals surface area contributed by atoms with E-state index in [1.165, 1.54) is 34.8 Å². The third-order valence-corrected chi connectivity index (χ3v) is 9.20. The molecular formula is C25H30F3N5O2S. The van der Waals surface area contributed by atoms with Crippen molar-refractivity contribution in [2.75, 3.05) is 40.3 Å². The van der Waals surface area contributed by atoms with Crippen LogP contribution in [0.15, 0.2) is 42.6 Å². The van der Waals surface area contributed by atoms with Gasteiger partial charge in [-0.3, -0.25) is 4.90 Å². The SMILES string of the molecule is Cc1cc2c(cnn2-c2ccc(F)cc2)cc1[C@H]1CN(S(=O)(=O)N(C)C)CCN1CC1CC(F)(F)C1. The van der Waals surface area contributed by atoms with Gasteiger partial charge in [0.15, 0.2) is 0 Å². The lowest BCUT2D eigenvalue weighted by molar-refractivity contribution is -0.120. The van der Waals surface area contributed by atoms with Crippen molar-refractivity contribution in [3.63, 3.8) is 0 Å². The zero-order chi connectivity index (χ0) is 25.8. The Kier molecular flexibility index (Phi) is 6.39. The molecule has 2 aromatic carbocycles. The number of fused-ring (bicyclic) bond motifs is 1. The molecule has 0 N–H and O–H groups in total. The summed E-state index contributed by atoms with van der Waals surface area (Å²) in [5, 5.41) is 5.35. The minimum absolute atomic E-state index is 0.107. The van der Waals surface area contributed by atoms with Crippen molar-refractivity contribution < 1.29 is 21.6 Å². The van der Waals surface area contributed by atoms with E-state index in [1.54, 1.807) is 23.0 Å². The molecule has 2 heterocycles. The molecule has 2 aliphatic rings. The second-order valence-electron chi connectivity index (χ2n) is 10.1. The molecule has 0 radical (unpaired) electrons. The van der Waals surface area contributed by atoms with Crippen LogP contribution in [0.4, 0.5) is 13.2 Å². The van der Waals surface area contributed by atoms with Gasteiger partial charge in [0.2, 0.25) is 5.92 Å². The average molecular weight is 522 g/mol. The summed E-state index contributed by atoms with van der Waals surface area (Å²) in [5.41, 5.74) is 3.48. The van der Waals surface area contributed by atoms with Crippen LogP contribution in [-0.2, 0) is 10.2 Å². The summed E-state index contributed by atoms with van der Waals surface area (Å²) in [6, 6.07) is 9.81. The highest BCUT2D eigenvalue weighted by Gasteiger charge is 2.47. The Morgan fingerprint density at radius 2 is 1.81 bits per heavy atom. The van der Waals surface area contributed by atoms with Gasteiger partial charge in [-0.05, 0) is 60.4 Å². The first-order valence-electron chi connectivity index (χ1n) is 12.0. The fourth-order valence-electron chi connectivity index (χ4n) is 5.34. The Morgan fingerprint density at radius 3 is 2.44 bits per heavy atom. The number of hydrogen-bond donors (Lipinski definition) is 0. The van der Waals surface area contributed by atoms with Crippen molar-refractivity contribution in [1.82, 2.24) is 23.3 Å². The highest BCUT2D eigenvalue weighted by molar-refractivity contribution is 7.86. The number of benzene rings is 2. The normalized spacial score (nSPS) is 21.8. The van der Waals surface area contributed by atoms with E-state index in [4.69, 9.17) is 0 Å². The Balaban J connectivity index is 1.50. The first kappa shape index (κ1) is 25.2. The second-order valence-corrected chi connectivity index (χ2v) is 12.2. The summed E-state index contributed by atoms with van der Waals surface area (Å²) in [6.45, 7) is 3.48. The Labute approximate surface area is 209 Å². The number of hydrogen-bond acceptors (Lipinski definition) is 4. The zero-order valence-electron chi connectivity index (χ0n) is 20.5. The zero-order valence-corrected chi connectivity index (χ0v) is 21.3. The largest absolute Gasteiger partial charge is 0.293 e. The fourth-order valence-corrected chi connectivity index (χ4v) is 6.44. The number of rotatable bonds is 6. The van der Waals surface area contributed by atoms with E-state index >= 15 is 0 Å². The maximum Gasteiger partial charge on any atom is 0.281 e. The molecule has 11 heteroatoms. The molecule has 2 fully saturated rings. The molecule has 1 saturated carbocycles. The second kappa shape index (κ2) is 9.13. The predicted octanol–water partition coefficient (Wildman–Crippen LogP) is 3.98. The van der Waals surface area contributed by atoms with Crippen LogP contribution in [0.1, 0.15) is 30.0 Å². The summed E-state index contributed by atoms with van der Waals surface area (Å²) < 4.78 is 70.7. The molecule has 7 nitrogen and oxygen atoms in total. The van der Waals surface area contributed by atoms with E-state index in [9.17, 15) is 21.6 Å². The van der Waals surface area contributed by atoms with Crippen LogP contribution in [0.25, 0.3) is 16.6 Å². The van der Waals surface area contributed by atoms with Crippen molar-refractivity contribution in [1.29, 1.82) is 0 Å². The minimum Gasteiger partial charge on any atom is -0.293 e. The topological polar surface area (TPSA) is 61.7 Å². The lowest BCUT2D eigenvalue weighted by atomic mass is 9.80. The van der Waals surface area contributed by atoms with E-state index in [-0.39, 0.29) is 37.2 Å². The van der Waals surface area contributed by atoms with Gasteiger partial charge in [0, 0.05) is 64.5 Å². The molecule has 0 unspecified atom stereocenters. The molecule has 194 valence electrons. The van der Waals surface area contributed by atoms with Crippen LogP contribution in [0.3, 0.4) is 0 Å². The van der Waals surface area contributed by atoms with Gasteiger partial charge in [-0.1, -0.05) is 0 Å². The third kappa shape index (κ3) is 4.65. The monoisotopic (exact) mass is 521 g/mol. The van der Waals surface area contributed by atoms with E-state index < -0.39 is 16.1 Å². The van der Waals surface area contributed by atoms with Crippen LogP contribution < -0.4 is 0 Å². The quantitative estimate of drug-likeness (QED) is 0.492. The molecule has 1 aliphatic carbocycles. The van der Waals surface area contributed by atoms with Crippen LogP contribution >= 0.6 is 0 Å².